The number of benzene rings is 14. The van der Waals surface area contributed by atoms with Crippen molar-refractivity contribution in [3.63, 3.8) is 0 Å². The number of aromatic nitrogens is 10. The van der Waals surface area contributed by atoms with Crippen LogP contribution in [-0.2, 0) is 0 Å². The first-order valence-corrected chi connectivity index (χ1v) is 36.0. The van der Waals surface area contributed by atoms with E-state index in [-0.39, 0.29) is 13.4 Å². The zero-order valence-electron chi connectivity index (χ0n) is 56.6. The molecule has 108 heavy (non-hydrogen) atoms. The van der Waals surface area contributed by atoms with Gasteiger partial charge in [0.15, 0.2) is 11.6 Å². The smallest absolute Gasteiger partial charge is 0.270 e. The first kappa shape index (κ1) is 56.7. The summed E-state index contributed by atoms with van der Waals surface area (Å²) in [6.07, 6.45) is 0. The average molecular weight is 1390 g/mol. The fourth-order valence-corrected chi connectivity index (χ4v) is 18.3. The molecule has 0 amide bonds. The summed E-state index contributed by atoms with van der Waals surface area (Å²) in [7, 11) is 0. The third-order valence-electron chi connectivity index (χ3n) is 22.8. The van der Waals surface area contributed by atoms with Gasteiger partial charge in [0.1, 0.15) is 69.0 Å². The van der Waals surface area contributed by atoms with Crippen LogP contribution >= 0.6 is 0 Å². The Bertz CT molecular complexity index is 7370. The van der Waals surface area contributed by atoms with Crippen LogP contribution < -0.4 is 61.2 Å². The fraction of sp³-hybridized carbons (Fsp3) is 0. The number of ether oxygens (including phenoxy) is 6. The Morgan fingerprint density at radius 1 is 0.204 bits per heavy atom. The minimum Gasteiger partial charge on any atom is -0.458 e. The van der Waals surface area contributed by atoms with Crippen LogP contribution in [0.15, 0.2) is 279 Å². The molecule has 0 N–H and O–H groups in total. The molecule has 0 unspecified atom stereocenters. The second kappa shape index (κ2) is 20.6. The zero-order chi connectivity index (χ0) is 69.9. The van der Waals surface area contributed by atoms with E-state index in [1.807, 2.05) is 84.9 Å². The van der Waals surface area contributed by atoms with E-state index in [0.717, 1.165) is 171 Å². The molecule has 0 radical (unpaired) electrons. The molecule has 0 atom stereocenters. The Morgan fingerprint density at radius 2 is 0.491 bits per heavy atom. The summed E-state index contributed by atoms with van der Waals surface area (Å²) < 4.78 is 49.4. The molecule has 6 aliphatic rings. The summed E-state index contributed by atoms with van der Waals surface area (Å²) in [5, 5.41) is 8.46. The third kappa shape index (κ3) is 7.52. The molecule has 0 saturated carbocycles. The van der Waals surface area contributed by atoms with Gasteiger partial charge in [-0.1, -0.05) is 146 Å². The van der Waals surface area contributed by atoms with Gasteiger partial charge in [0.25, 0.3) is 13.4 Å². The van der Waals surface area contributed by atoms with Crippen LogP contribution in [0.25, 0.3) is 145 Å². The lowest BCUT2D eigenvalue weighted by molar-refractivity contribution is 0.442. The minimum atomic E-state index is -0.218. The van der Waals surface area contributed by atoms with E-state index in [2.05, 4.69) is 212 Å². The summed E-state index contributed by atoms with van der Waals surface area (Å²) in [5.74, 6) is 11.3. The second-order valence-corrected chi connectivity index (χ2v) is 28.3. The third-order valence-corrected chi connectivity index (χ3v) is 22.8. The zero-order valence-corrected chi connectivity index (χ0v) is 56.6. The maximum Gasteiger partial charge on any atom is 0.270 e. The molecule has 16 nitrogen and oxygen atoms in total. The quantitative estimate of drug-likeness (QED) is 0.140. The maximum absolute atomic E-state index is 7.12. The molecular formula is C90H46B2N10O6. The highest BCUT2D eigenvalue weighted by Gasteiger charge is 2.49. The Labute approximate surface area is 612 Å². The van der Waals surface area contributed by atoms with E-state index < -0.39 is 0 Å². The van der Waals surface area contributed by atoms with Crippen LogP contribution in [0.4, 0.5) is 0 Å². The summed E-state index contributed by atoms with van der Waals surface area (Å²) >= 11 is 0. The predicted molar refractivity (Wildman–Crippen MR) is 422 cm³/mol. The van der Waals surface area contributed by atoms with E-state index >= 15 is 0 Å². The lowest BCUT2D eigenvalue weighted by atomic mass is 9.34. The first-order valence-electron chi connectivity index (χ1n) is 36.0. The van der Waals surface area contributed by atoms with Crippen molar-refractivity contribution in [2.75, 3.05) is 0 Å². The van der Waals surface area contributed by atoms with Gasteiger partial charge in [0.05, 0.1) is 49.7 Å². The van der Waals surface area contributed by atoms with E-state index in [1.165, 1.54) is 0 Å². The highest BCUT2D eigenvalue weighted by Crippen LogP contribution is 2.49. The number of nitrogens with zero attached hydrogens (tertiary/aromatic N) is 10. The fourth-order valence-electron chi connectivity index (χ4n) is 18.3. The van der Waals surface area contributed by atoms with Gasteiger partial charge in [-0.05, 0) is 145 Å². The SMILES string of the molecule is c1cc2c3c(c1)Oc1cc(-c4nc(-n5c6ccccc6c6ccccc65)nc(-n5c6ccccc6c6cc(-c7ccc8c(c7)c7ccccc7n8-c7nc(-c8ccc9c%10c8Oc8cccc%11c8B%10c8c(cccc8O9)O%11)nc(-n8c9ccccc9c9ccccc98)n7)ccc65)n4)cc4c1B3c1c(cccc1O4)O2. The molecule has 14 aromatic carbocycles. The molecule has 6 aliphatic heterocycles. The van der Waals surface area contributed by atoms with Crippen molar-refractivity contribution in [1.29, 1.82) is 0 Å². The maximum atomic E-state index is 7.12. The van der Waals surface area contributed by atoms with Crippen LogP contribution in [-0.4, -0.2) is 61.6 Å². The van der Waals surface area contributed by atoms with Crippen molar-refractivity contribution in [2.24, 2.45) is 0 Å². The highest BCUT2D eigenvalue weighted by atomic mass is 16.5. The summed E-state index contributed by atoms with van der Waals surface area (Å²) in [6, 6.07) is 96.2. The average Bonchev–Trinajstić information content (AvgIpc) is 0.997. The number of hydrogen-bond donors (Lipinski definition) is 0. The summed E-state index contributed by atoms with van der Waals surface area (Å²) in [5.41, 5.74) is 16.7. The van der Waals surface area contributed by atoms with Gasteiger partial charge in [0.2, 0.25) is 23.8 Å². The number of para-hydroxylation sites is 6. The lowest BCUT2D eigenvalue weighted by Crippen LogP contribution is -2.59. The monoisotopic (exact) mass is 1380 g/mol. The molecular weight excluding hydrogens is 1340 g/mol. The first-order chi connectivity index (χ1) is 53.5. The van der Waals surface area contributed by atoms with Gasteiger partial charge in [0, 0.05) is 81.4 Å². The van der Waals surface area contributed by atoms with Gasteiger partial charge in [-0.2, -0.15) is 29.9 Å². The number of hydrogen-bond acceptors (Lipinski definition) is 12. The van der Waals surface area contributed by atoms with Crippen LogP contribution in [0.5, 0.6) is 69.0 Å². The molecule has 6 aromatic heterocycles. The van der Waals surface area contributed by atoms with Gasteiger partial charge in [-0.25, -0.2) is 0 Å². The van der Waals surface area contributed by atoms with Crippen molar-refractivity contribution in [3.8, 4) is 127 Å². The van der Waals surface area contributed by atoms with Crippen molar-refractivity contribution in [1.82, 2.24) is 48.2 Å². The lowest BCUT2D eigenvalue weighted by Gasteiger charge is -2.37. The molecule has 12 heterocycles. The standard InChI is InChI=1S/C90H46B2N10O6/c1-7-23-59-50(17-1)51-18-2-8-24-60(51)99(59)87-93-85(49-45-76-82-77(46-49)107-73-35-15-30-68-79(73)91(82)78-67(103-68)29-14-34-72(78)106-76)94-88(97-87)101-63-27-11-5-21-54(63)57-43-47(37-40-65(57)101)48-38-41-66-58(44-48)55-22-6-12-28-64(55)102(66)90-96-86(95-89(98-90)100-61-25-9-3-19-52(61)53-20-4-10-26-62(53)100)56-39-42-75-83-84(56)108-74-36-16-33-71-81(74)92(83)80-69(104-71)31-13-32-70(80)105-75/h1-46H. The van der Waals surface area contributed by atoms with E-state index in [9.17, 15) is 0 Å². The Hall–Kier alpha value is -14.8. The Balaban J connectivity index is 0.649. The summed E-state index contributed by atoms with van der Waals surface area (Å²) in [4.78, 5) is 33.3. The van der Waals surface area contributed by atoms with E-state index in [0.29, 0.717) is 75.3 Å². The van der Waals surface area contributed by atoms with Crippen molar-refractivity contribution < 1.29 is 28.4 Å². The molecule has 0 aliphatic carbocycles. The van der Waals surface area contributed by atoms with Crippen LogP contribution in [0.1, 0.15) is 0 Å². The molecule has 0 bridgehead atoms. The van der Waals surface area contributed by atoms with Gasteiger partial charge >= 0.3 is 0 Å². The topological polar surface area (TPSA) is 152 Å². The van der Waals surface area contributed by atoms with E-state index in [1.54, 1.807) is 0 Å². The van der Waals surface area contributed by atoms with E-state index in [4.69, 9.17) is 58.3 Å². The van der Waals surface area contributed by atoms with Gasteiger partial charge in [-0.3, -0.25) is 18.3 Å². The van der Waals surface area contributed by atoms with Gasteiger partial charge in [-0.15, -0.1) is 0 Å². The van der Waals surface area contributed by atoms with Crippen LogP contribution in [0.2, 0.25) is 0 Å². The molecule has 498 valence electrons. The van der Waals surface area contributed by atoms with Gasteiger partial charge < -0.3 is 28.4 Å². The summed E-state index contributed by atoms with van der Waals surface area (Å²) in [6.45, 7) is -0.376. The Morgan fingerprint density at radius 3 is 0.861 bits per heavy atom. The highest BCUT2D eigenvalue weighted by molar-refractivity contribution is 7.00. The van der Waals surface area contributed by atoms with Crippen molar-refractivity contribution in [2.45, 2.75) is 0 Å². The molecule has 0 saturated heterocycles. The predicted octanol–water partition coefficient (Wildman–Crippen LogP) is 17.1. The number of fused-ring (bicyclic) bond motifs is 12. The number of rotatable bonds is 7. The molecule has 20 aromatic rings. The molecule has 18 heteroatoms. The molecule has 26 rings (SSSR count). The normalized spacial score (nSPS) is 13.4. The largest absolute Gasteiger partial charge is 0.458 e. The second-order valence-electron chi connectivity index (χ2n) is 28.3. The van der Waals surface area contributed by atoms with Crippen molar-refractivity contribution >= 4 is 133 Å². The molecule has 0 spiro atoms. The minimum absolute atomic E-state index is 0.157. The van der Waals surface area contributed by atoms with Crippen molar-refractivity contribution in [3.05, 3.63) is 279 Å². The van der Waals surface area contributed by atoms with Crippen LogP contribution in [0.3, 0.4) is 0 Å². The molecule has 0 fully saturated rings. The van der Waals surface area contributed by atoms with Crippen LogP contribution in [0, 0.1) is 0 Å². The Kier molecular flexibility index (Phi) is 10.8.